The maximum Gasteiger partial charge on any atom is 0.267 e. The number of nitrogens with zero attached hydrogens (tertiary/aromatic N) is 1. The number of hydrogen-bond acceptors (Lipinski definition) is 4. The van der Waals surface area contributed by atoms with Gasteiger partial charge in [0.1, 0.15) is 0 Å². The lowest BCUT2D eigenvalue weighted by molar-refractivity contribution is -0.141. The van der Waals surface area contributed by atoms with Crippen molar-refractivity contribution >= 4 is 21.7 Å². The van der Waals surface area contributed by atoms with Gasteiger partial charge >= 0.3 is 0 Å². The second-order valence-electron chi connectivity index (χ2n) is 8.32. The molecule has 30 heavy (non-hydrogen) atoms. The van der Waals surface area contributed by atoms with Gasteiger partial charge in [-0.3, -0.25) is 9.59 Å². The van der Waals surface area contributed by atoms with Crippen LogP contribution in [0.3, 0.4) is 0 Å². The van der Waals surface area contributed by atoms with Crippen LogP contribution in [0.1, 0.15) is 38.2 Å². The summed E-state index contributed by atoms with van der Waals surface area (Å²) in [7, 11) is -3.76. The van der Waals surface area contributed by atoms with Gasteiger partial charge in [0, 0.05) is 19.5 Å². The van der Waals surface area contributed by atoms with Crippen molar-refractivity contribution in [3.05, 3.63) is 29.8 Å². The first-order valence-corrected chi connectivity index (χ1v) is 11.8. The Morgan fingerprint density at radius 1 is 1.23 bits per heavy atom. The number of amides is 2. The number of halogens is 2. The first-order chi connectivity index (χ1) is 14.0. The number of rotatable bonds is 6. The Hall–Kier alpha value is -2.03. The first kappa shape index (κ1) is 22.7. The summed E-state index contributed by atoms with van der Waals surface area (Å²) >= 11 is 0. The third kappa shape index (κ3) is 4.66. The quantitative estimate of drug-likeness (QED) is 0.734. The molecule has 2 amide bonds. The van der Waals surface area contributed by atoms with E-state index in [1.54, 1.807) is 25.1 Å². The van der Waals surface area contributed by atoms with Gasteiger partial charge in [-0.15, -0.1) is 0 Å². The highest BCUT2D eigenvalue weighted by atomic mass is 32.2. The van der Waals surface area contributed by atoms with Crippen molar-refractivity contribution in [2.24, 2.45) is 11.8 Å². The molecular formula is C21H28F2N2O4S. The van der Waals surface area contributed by atoms with E-state index in [2.05, 4.69) is 5.32 Å². The van der Waals surface area contributed by atoms with Crippen molar-refractivity contribution in [3.63, 3.8) is 0 Å². The van der Waals surface area contributed by atoms with Gasteiger partial charge in [-0.25, -0.2) is 17.2 Å². The minimum atomic E-state index is -3.76. The third-order valence-corrected chi connectivity index (χ3v) is 8.13. The van der Waals surface area contributed by atoms with E-state index in [-0.39, 0.29) is 30.2 Å². The van der Waals surface area contributed by atoms with Gasteiger partial charge < -0.3 is 10.2 Å². The van der Waals surface area contributed by atoms with Crippen LogP contribution in [0.5, 0.6) is 0 Å². The number of hydrogen-bond donors (Lipinski definition) is 1. The molecule has 1 saturated carbocycles. The minimum absolute atomic E-state index is 0.00641. The highest BCUT2D eigenvalue weighted by molar-refractivity contribution is 7.92. The topological polar surface area (TPSA) is 83.5 Å². The van der Waals surface area contributed by atoms with E-state index in [9.17, 15) is 26.8 Å². The molecule has 0 aromatic heterocycles. The van der Waals surface area contributed by atoms with Gasteiger partial charge in [-0.05, 0) is 43.9 Å². The molecule has 1 aromatic carbocycles. The molecule has 3 atom stereocenters. The Bertz CT molecular complexity index is 919. The zero-order valence-corrected chi connectivity index (χ0v) is 18.1. The molecular weight excluding hydrogens is 414 g/mol. The van der Waals surface area contributed by atoms with Gasteiger partial charge in [0.15, 0.2) is 9.84 Å². The van der Waals surface area contributed by atoms with Crippen molar-refractivity contribution in [2.45, 2.75) is 55.6 Å². The number of nitrogens with one attached hydrogen (secondary N) is 1. The van der Waals surface area contributed by atoms with Gasteiger partial charge in [0.25, 0.3) is 5.92 Å². The van der Waals surface area contributed by atoms with Crippen LogP contribution in [0.2, 0.25) is 0 Å². The molecule has 9 heteroatoms. The number of carbonyl (C=O) groups excluding carboxylic acids is 2. The van der Waals surface area contributed by atoms with Crippen LogP contribution < -0.4 is 5.32 Å². The average Bonchev–Trinajstić information content (AvgIpc) is 3.29. The zero-order valence-electron chi connectivity index (χ0n) is 17.2. The molecule has 2 fully saturated rings. The van der Waals surface area contributed by atoms with Gasteiger partial charge in [0.2, 0.25) is 11.8 Å². The number of benzene rings is 1. The Labute approximate surface area is 175 Å². The molecule has 3 rings (SSSR count). The van der Waals surface area contributed by atoms with Gasteiger partial charge in [0.05, 0.1) is 28.5 Å². The molecule has 0 unspecified atom stereocenters. The summed E-state index contributed by atoms with van der Waals surface area (Å²) in [4.78, 5) is 26.9. The summed E-state index contributed by atoms with van der Waals surface area (Å²) in [6, 6.07) is 6.51. The van der Waals surface area contributed by atoms with E-state index in [4.69, 9.17) is 0 Å². The molecule has 2 aliphatic rings. The fraction of sp³-hybridized carbons (Fsp3) is 0.619. The van der Waals surface area contributed by atoms with Crippen LogP contribution in [-0.4, -0.2) is 55.9 Å². The predicted octanol–water partition coefficient (Wildman–Crippen LogP) is 2.56. The molecule has 166 valence electrons. The molecule has 1 aliphatic carbocycles. The van der Waals surface area contributed by atoms with Crippen LogP contribution in [0.4, 0.5) is 8.78 Å². The largest absolute Gasteiger partial charge is 0.356 e. The lowest BCUT2D eigenvalue weighted by Crippen LogP contribution is -2.42. The molecule has 1 N–H and O–H groups in total. The summed E-state index contributed by atoms with van der Waals surface area (Å²) in [5.41, 5.74) is 0.790. The summed E-state index contributed by atoms with van der Waals surface area (Å²) in [6.45, 7) is 3.32. The predicted molar refractivity (Wildman–Crippen MR) is 108 cm³/mol. The highest BCUT2D eigenvalue weighted by Crippen LogP contribution is 2.41. The fourth-order valence-electron chi connectivity index (χ4n) is 4.33. The van der Waals surface area contributed by atoms with Crippen molar-refractivity contribution in [2.75, 3.05) is 19.6 Å². The van der Waals surface area contributed by atoms with Crippen LogP contribution in [0.25, 0.3) is 0 Å². The molecule has 0 bridgehead atoms. The van der Waals surface area contributed by atoms with Gasteiger partial charge in [-0.2, -0.15) is 0 Å². The van der Waals surface area contributed by atoms with E-state index < -0.39 is 51.7 Å². The normalized spacial score (nSPS) is 26.0. The van der Waals surface area contributed by atoms with Gasteiger partial charge in [-0.1, -0.05) is 19.1 Å². The smallest absolute Gasteiger partial charge is 0.267 e. The van der Waals surface area contributed by atoms with Crippen LogP contribution >= 0.6 is 0 Å². The third-order valence-electron chi connectivity index (χ3n) is 5.96. The summed E-state index contributed by atoms with van der Waals surface area (Å²) in [6.07, 6.45) is 0.247. The lowest BCUT2D eigenvalue weighted by Gasteiger charge is -2.24. The highest BCUT2D eigenvalue weighted by Gasteiger charge is 2.50. The van der Waals surface area contributed by atoms with Crippen molar-refractivity contribution in [1.29, 1.82) is 0 Å². The number of carbonyl (C=O) groups is 2. The number of likely N-dealkylation sites (tertiary alicyclic amines) is 1. The Kier molecular flexibility index (Phi) is 6.50. The van der Waals surface area contributed by atoms with Crippen molar-refractivity contribution in [1.82, 2.24) is 10.2 Å². The molecule has 0 radical (unpaired) electrons. The molecule has 6 nitrogen and oxygen atoms in total. The minimum Gasteiger partial charge on any atom is -0.356 e. The van der Waals surface area contributed by atoms with E-state index in [0.717, 1.165) is 10.5 Å². The van der Waals surface area contributed by atoms with Crippen LogP contribution in [0, 0.1) is 18.8 Å². The number of sulfone groups is 1. The molecule has 0 spiro atoms. The Morgan fingerprint density at radius 2 is 1.93 bits per heavy atom. The number of aryl methyl sites for hydroxylation is 1. The lowest BCUT2D eigenvalue weighted by atomic mass is 9.93. The second-order valence-corrected chi connectivity index (χ2v) is 10.6. The molecule has 1 saturated heterocycles. The van der Waals surface area contributed by atoms with Crippen molar-refractivity contribution < 1.29 is 26.8 Å². The molecule has 1 aromatic rings. The first-order valence-electron chi connectivity index (χ1n) is 10.3. The molecule has 1 heterocycles. The van der Waals surface area contributed by atoms with Crippen LogP contribution in [-0.2, 0) is 19.4 Å². The maximum absolute atomic E-state index is 13.6. The van der Waals surface area contributed by atoms with E-state index >= 15 is 0 Å². The maximum atomic E-state index is 13.6. The SMILES string of the molecule is CCCNC(=O)[C@@H]1C[C@@H](S(=O)(=O)c2cccc(C)c2)C[C@H]1C(=O)N1CCC(F)(F)C1. The van der Waals surface area contributed by atoms with E-state index in [0.29, 0.717) is 13.0 Å². The summed E-state index contributed by atoms with van der Waals surface area (Å²) in [5, 5.41) is 1.83. The average molecular weight is 443 g/mol. The Morgan fingerprint density at radius 3 is 2.53 bits per heavy atom. The van der Waals surface area contributed by atoms with E-state index in [1.165, 1.54) is 6.07 Å². The standard InChI is InChI=1S/C21H28F2N2O4S/c1-3-8-24-19(26)17-11-16(30(28,29)15-6-4-5-14(2)10-15)12-18(17)20(27)25-9-7-21(22,23)13-25/h4-6,10,16-18H,3,7-9,11-13H2,1-2H3,(H,24,26)/t16-,17-,18-/m1/s1. The monoisotopic (exact) mass is 442 g/mol. The number of alkyl halides is 2. The van der Waals surface area contributed by atoms with E-state index in [1.807, 2.05) is 6.92 Å². The van der Waals surface area contributed by atoms with Crippen molar-refractivity contribution in [3.8, 4) is 0 Å². The summed E-state index contributed by atoms with van der Waals surface area (Å²) < 4.78 is 53.6. The summed E-state index contributed by atoms with van der Waals surface area (Å²) in [5.74, 6) is -5.64. The molecule has 1 aliphatic heterocycles. The fourth-order valence-corrected chi connectivity index (χ4v) is 6.25. The Balaban J connectivity index is 1.86. The van der Waals surface area contributed by atoms with Crippen LogP contribution in [0.15, 0.2) is 29.2 Å². The zero-order chi connectivity index (χ0) is 22.1. The second kappa shape index (κ2) is 8.61.